The predicted molar refractivity (Wildman–Crippen MR) is 75.0 cm³/mol. The number of amides is 1. The molecule has 4 N–H and O–H groups in total. The lowest BCUT2D eigenvalue weighted by Gasteiger charge is -2.17. The third kappa shape index (κ3) is 2.24. The van der Waals surface area contributed by atoms with Crippen LogP contribution in [0.25, 0.3) is 0 Å². The van der Waals surface area contributed by atoms with Crippen molar-refractivity contribution in [2.24, 2.45) is 11.7 Å². The van der Waals surface area contributed by atoms with Gasteiger partial charge in [-0.15, -0.1) is 23.1 Å². The maximum atomic E-state index is 11.3. The van der Waals surface area contributed by atoms with Crippen LogP contribution < -0.4 is 16.4 Å². The molecule has 17 heavy (non-hydrogen) atoms. The number of carbonyl (C=O) groups excluding carboxylic acids is 1. The normalized spacial score (nSPS) is 19.9. The Morgan fingerprint density at radius 3 is 2.76 bits per heavy atom. The molecule has 1 saturated heterocycles. The lowest BCUT2D eigenvalue weighted by Crippen LogP contribution is -2.18. The lowest BCUT2D eigenvalue weighted by atomic mass is 10.2. The molecule has 0 bridgehead atoms. The standard InChI is InChI=1S/C11H17N3OS2/c1-6-3-4-14(5-6)11-9(16-2)7(12)8(17-11)10(13)15/h6H,3-5,12H2,1-2H3,(H2,13,15). The summed E-state index contributed by atoms with van der Waals surface area (Å²) in [5.74, 6) is 0.270. The van der Waals surface area contributed by atoms with Gasteiger partial charge in [-0.2, -0.15) is 0 Å². The fraction of sp³-hybridized carbons (Fsp3) is 0.545. The van der Waals surface area contributed by atoms with Gasteiger partial charge < -0.3 is 16.4 Å². The van der Waals surface area contributed by atoms with Gasteiger partial charge in [0.2, 0.25) is 0 Å². The van der Waals surface area contributed by atoms with Crippen molar-refractivity contribution in [1.29, 1.82) is 0 Å². The minimum absolute atomic E-state index is 0.429. The molecule has 4 nitrogen and oxygen atoms in total. The van der Waals surface area contributed by atoms with Crippen LogP contribution in [0.1, 0.15) is 23.0 Å². The highest BCUT2D eigenvalue weighted by Crippen LogP contribution is 2.44. The van der Waals surface area contributed by atoms with E-state index in [4.69, 9.17) is 11.5 Å². The van der Waals surface area contributed by atoms with Crippen LogP contribution in [0.4, 0.5) is 10.7 Å². The zero-order valence-electron chi connectivity index (χ0n) is 10.0. The summed E-state index contributed by atoms with van der Waals surface area (Å²) in [7, 11) is 0. The van der Waals surface area contributed by atoms with E-state index in [1.54, 1.807) is 11.8 Å². The number of primary amides is 1. The van der Waals surface area contributed by atoms with E-state index in [1.807, 2.05) is 6.26 Å². The number of carbonyl (C=O) groups is 1. The van der Waals surface area contributed by atoms with Gasteiger partial charge in [0.25, 0.3) is 5.91 Å². The summed E-state index contributed by atoms with van der Waals surface area (Å²) in [6, 6.07) is 0. The van der Waals surface area contributed by atoms with Gasteiger partial charge in [0.15, 0.2) is 0 Å². The molecule has 0 radical (unpaired) electrons. The molecular formula is C11H17N3OS2. The number of nitrogens with two attached hydrogens (primary N) is 2. The van der Waals surface area contributed by atoms with Crippen molar-refractivity contribution in [2.45, 2.75) is 18.2 Å². The van der Waals surface area contributed by atoms with E-state index < -0.39 is 5.91 Å². The summed E-state index contributed by atoms with van der Waals surface area (Å²) in [4.78, 5) is 15.1. The Balaban J connectivity index is 2.39. The molecule has 6 heteroatoms. The number of hydrogen-bond donors (Lipinski definition) is 2. The summed E-state index contributed by atoms with van der Waals surface area (Å²) >= 11 is 3.01. The Bertz CT molecular complexity index is 444. The van der Waals surface area contributed by atoms with E-state index in [0.29, 0.717) is 16.5 Å². The van der Waals surface area contributed by atoms with Crippen LogP contribution in [0.5, 0.6) is 0 Å². The van der Waals surface area contributed by atoms with Crippen LogP contribution in [0.2, 0.25) is 0 Å². The minimum atomic E-state index is -0.429. The number of hydrogen-bond acceptors (Lipinski definition) is 5. The van der Waals surface area contributed by atoms with Crippen molar-refractivity contribution >= 4 is 39.7 Å². The van der Waals surface area contributed by atoms with Crippen LogP contribution in [0.15, 0.2) is 4.90 Å². The van der Waals surface area contributed by atoms with Crippen molar-refractivity contribution in [3.63, 3.8) is 0 Å². The number of nitrogen functional groups attached to an aromatic ring is 1. The number of nitrogens with zero attached hydrogens (tertiary/aromatic N) is 1. The molecule has 1 aromatic rings. The first-order valence-electron chi connectivity index (χ1n) is 5.55. The molecule has 1 unspecified atom stereocenters. The molecule has 1 aromatic heterocycles. The molecule has 0 aliphatic carbocycles. The maximum absolute atomic E-state index is 11.3. The van der Waals surface area contributed by atoms with Crippen molar-refractivity contribution < 1.29 is 4.79 Å². The molecule has 0 saturated carbocycles. The van der Waals surface area contributed by atoms with Gasteiger partial charge in [0, 0.05) is 13.1 Å². The van der Waals surface area contributed by atoms with Crippen LogP contribution in [0.3, 0.4) is 0 Å². The second kappa shape index (κ2) is 4.78. The van der Waals surface area contributed by atoms with E-state index in [9.17, 15) is 4.79 Å². The summed E-state index contributed by atoms with van der Waals surface area (Å²) in [6.07, 6.45) is 3.17. The van der Waals surface area contributed by atoms with Crippen LogP contribution in [-0.4, -0.2) is 25.3 Å². The molecule has 1 atom stereocenters. The zero-order chi connectivity index (χ0) is 12.6. The summed E-state index contributed by atoms with van der Waals surface area (Å²) in [5, 5.41) is 1.10. The number of thiophene rings is 1. The average Bonchev–Trinajstić information content (AvgIpc) is 2.82. The topological polar surface area (TPSA) is 72.3 Å². The van der Waals surface area contributed by atoms with E-state index in [2.05, 4.69) is 11.8 Å². The van der Waals surface area contributed by atoms with Gasteiger partial charge in [-0.25, -0.2) is 0 Å². The first-order valence-corrected chi connectivity index (χ1v) is 7.59. The van der Waals surface area contributed by atoms with Crippen molar-refractivity contribution in [2.75, 3.05) is 30.0 Å². The van der Waals surface area contributed by atoms with Crippen molar-refractivity contribution in [1.82, 2.24) is 0 Å². The monoisotopic (exact) mass is 271 g/mol. The highest BCUT2D eigenvalue weighted by molar-refractivity contribution is 7.99. The van der Waals surface area contributed by atoms with Crippen molar-refractivity contribution in [3.05, 3.63) is 4.88 Å². The third-order valence-corrected chi connectivity index (χ3v) is 5.25. The third-order valence-electron chi connectivity index (χ3n) is 3.02. The molecule has 0 spiro atoms. The Hall–Kier alpha value is -0.880. The Morgan fingerprint density at radius 1 is 1.59 bits per heavy atom. The molecular weight excluding hydrogens is 254 g/mol. The van der Waals surface area contributed by atoms with E-state index in [0.717, 1.165) is 23.0 Å². The second-order valence-electron chi connectivity index (χ2n) is 4.39. The predicted octanol–water partition coefficient (Wildman–Crippen LogP) is 2.00. The van der Waals surface area contributed by atoms with Crippen LogP contribution in [-0.2, 0) is 0 Å². The second-order valence-corrected chi connectivity index (χ2v) is 6.20. The Kier molecular flexibility index (Phi) is 3.53. The van der Waals surface area contributed by atoms with E-state index in [-0.39, 0.29) is 0 Å². The zero-order valence-corrected chi connectivity index (χ0v) is 11.7. The molecule has 94 valence electrons. The van der Waals surface area contributed by atoms with Gasteiger partial charge in [-0.1, -0.05) is 6.92 Å². The SMILES string of the molecule is CSc1c(N2CCC(C)C2)sc(C(N)=O)c1N. The molecule has 1 amide bonds. The summed E-state index contributed by atoms with van der Waals surface area (Å²) in [5.41, 5.74) is 11.9. The molecule has 2 heterocycles. The maximum Gasteiger partial charge on any atom is 0.261 e. The Labute approximate surface area is 109 Å². The molecule has 2 rings (SSSR count). The highest BCUT2D eigenvalue weighted by Gasteiger charge is 2.26. The fourth-order valence-electron chi connectivity index (χ4n) is 2.12. The quantitative estimate of drug-likeness (QED) is 0.825. The lowest BCUT2D eigenvalue weighted by molar-refractivity contribution is 0.100. The minimum Gasteiger partial charge on any atom is -0.396 e. The largest absolute Gasteiger partial charge is 0.396 e. The number of anilines is 2. The van der Waals surface area contributed by atoms with Gasteiger partial charge in [0.1, 0.15) is 9.88 Å². The molecule has 1 aliphatic heterocycles. The number of rotatable bonds is 3. The number of thioether (sulfide) groups is 1. The van der Waals surface area contributed by atoms with Gasteiger partial charge in [0.05, 0.1) is 10.6 Å². The molecule has 1 fully saturated rings. The summed E-state index contributed by atoms with van der Waals surface area (Å²) in [6.45, 7) is 4.31. The summed E-state index contributed by atoms with van der Waals surface area (Å²) < 4.78 is 0. The van der Waals surface area contributed by atoms with Gasteiger partial charge in [-0.05, 0) is 18.6 Å². The smallest absolute Gasteiger partial charge is 0.261 e. The van der Waals surface area contributed by atoms with Gasteiger partial charge in [-0.3, -0.25) is 4.79 Å². The first kappa shape index (κ1) is 12.6. The average molecular weight is 271 g/mol. The highest BCUT2D eigenvalue weighted by atomic mass is 32.2. The van der Waals surface area contributed by atoms with Crippen LogP contribution in [0, 0.1) is 5.92 Å². The fourth-order valence-corrected chi connectivity index (χ4v) is 4.19. The van der Waals surface area contributed by atoms with E-state index in [1.165, 1.54) is 17.8 Å². The van der Waals surface area contributed by atoms with Gasteiger partial charge >= 0.3 is 0 Å². The van der Waals surface area contributed by atoms with Crippen molar-refractivity contribution in [3.8, 4) is 0 Å². The molecule has 0 aromatic carbocycles. The first-order chi connectivity index (χ1) is 8.04. The van der Waals surface area contributed by atoms with Crippen LogP contribution >= 0.6 is 23.1 Å². The Morgan fingerprint density at radius 2 is 2.29 bits per heavy atom. The van der Waals surface area contributed by atoms with E-state index >= 15 is 0 Å². The molecule has 1 aliphatic rings.